The van der Waals surface area contributed by atoms with Crippen LogP contribution in [0.2, 0.25) is 5.02 Å². The SMILES string of the molecule is COc1c(Cl)cccc1C(=O)NCCc1ccc(S(N)(=O)=O)cc1. The van der Waals surface area contributed by atoms with Gasteiger partial charge in [0.15, 0.2) is 0 Å². The number of nitrogens with two attached hydrogens (primary N) is 1. The van der Waals surface area contributed by atoms with E-state index in [0.717, 1.165) is 5.56 Å². The zero-order valence-electron chi connectivity index (χ0n) is 13.0. The minimum atomic E-state index is -3.70. The first-order valence-electron chi connectivity index (χ1n) is 7.05. The van der Waals surface area contributed by atoms with Gasteiger partial charge in [-0.1, -0.05) is 29.8 Å². The third-order valence-corrected chi connectivity index (χ3v) is 4.59. The molecule has 0 aliphatic rings. The highest BCUT2D eigenvalue weighted by Gasteiger charge is 2.14. The quantitative estimate of drug-likeness (QED) is 0.814. The number of para-hydroxylation sites is 1. The Labute approximate surface area is 145 Å². The van der Waals surface area contributed by atoms with E-state index in [1.165, 1.54) is 19.2 Å². The third kappa shape index (κ3) is 4.47. The van der Waals surface area contributed by atoms with Crippen LogP contribution in [0.4, 0.5) is 0 Å². The molecule has 24 heavy (non-hydrogen) atoms. The zero-order chi connectivity index (χ0) is 17.7. The van der Waals surface area contributed by atoms with Gasteiger partial charge in [-0.05, 0) is 36.2 Å². The standard InChI is InChI=1S/C16H17ClN2O4S/c1-23-15-13(3-2-4-14(15)17)16(20)19-10-9-11-5-7-12(8-6-11)24(18,21)22/h2-8H,9-10H2,1H3,(H,19,20)(H2,18,21,22). The molecular formula is C16H17ClN2O4S. The van der Waals surface area contributed by atoms with E-state index >= 15 is 0 Å². The second-order valence-corrected chi connectivity index (χ2v) is 6.98. The van der Waals surface area contributed by atoms with Gasteiger partial charge in [0.25, 0.3) is 5.91 Å². The Bertz CT molecular complexity index is 836. The van der Waals surface area contributed by atoms with E-state index < -0.39 is 10.0 Å². The summed E-state index contributed by atoms with van der Waals surface area (Å²) >= 11 is 5.99. The smallest absolute Gasteiger partial charge is 0.255 e. The number of hydrogen-bond donors (Lipinski definition) is 2. The van der Waals surface area contributed by atoms with Crippen molar-refractivity contribution in [3.05, 3.63) is 58.6 Å². The molecule has 0 fully saturated rings. The Balaban J connectivity index is 1.97. The van der Waals surface area contributed by atoms with Crippen molar-refractivity contribution in [1.82, 2.24) is 5.32 Å². The summed E-state index contributed by atoms with van der Waals surface area (Å²) in [4.78, 5) is 12.3. The average molecular weight is 369 g/mol. The van der Waals surface area contributed by atoms with Gasteiger partial charge in [-0.15, -0.1) is 0 Å². The number of methoxy groups -OCH3 is 1. The Kier molecular flexibility index (Phi) is 5.82. The summed E-state index contributed by atoms with van der Waals surface area (Å²) in [6, 6.07) is 11.1. The summed E-state index contributed by atoms with van der Waals surface area (Å²) in [5.41, 5.74) is 1.23. The second-order valence-electron chi connectivity index (χ2n) is 5.02. The number of nitrogens with one attached hydrogen (secondary N) is 1. The van der Waals surface area contributed by atoms with Gasteiger partial charge >= 0.3 is 0 Å². The summed E-state index contributed by atoms with van der Waals surface area (Å²) in [5, 5.41) is 8.18. The van der Waals surface area contributed by atoms with E-state index in [1.807, 2.05) is 0 Å². The van der Waals surface area contributed by atoms with Gasteiger partial charge in [0.05, 0.1) is 22.6 Å². The van der Waals surface area contributed by atoms with Crippen LogP contribution in [0.1, 0.15) is 15.9 Å². The van der Waals surface area contributed by atoms with Gasteiger partial charge in [-0.3, -0.25) is 4.79 Å². The molecule has 2 rings (SSSR count). The fraction of sp³-hybridized carbons (Fsp3) is 0.188. The second kappa shape index (κ2) is 7.65. The van der Waals surface area contributed by atoms with Crippen LogP contribution < -0.4 is 15.2 Å². The summed E-state index contributed by atoms with van der Waals surface area (Å²) in [7, 11) is -2.25. The monoisotopic (exact) mass is 368 g/mol. The first-order valence-corrected chi connectivity index (χ1v) is 8.98. The number of primary sulfonamides is 1. The maximum atomic E-state index is 12.2. The topological polar surface area (TPSA) is 98.5 Å². The van der Waals surface area contributed by atoms with Crippen molar-refractivity contribution in [2.24, 2.45) is 5.14 Å². The summed E-state index contributed by atoms with van der Waals surface area (Å²) in [6.45, 7) is 0.378. The minimum Gasteiger partial charge on any atom is -0.494 e. The Hall–Kier alpha value is -2.09. The number of carbonyl (C=O) groups excluding carboxylic acids is 1. The van der Waals surface area contributed by atoms with Crippen molar-refractivity contribution in [2.45, 2.75) is 11.3 Å². The normalized spacial score (nSPS) is 11.1. The van der Waals surface area contributed by atoms with Gasteiger partial charge in [0, 0.05) is 6.54 Å². The Morgan fingerprint density at radius 1 is 1.21 bits per heavy atom. The van der Waals surface area contributed by atoms with Crippen LogP contribution in [0.3, 0.4) is 0 Å². The molecule has 0 aliphatic carbocycles. The highest BCUT2D eigenvalue weighted by Crippen LogP contribution is 2.28. The summed E-state index contributed by atoms with van der Waals surface area (Å²) < 4.78 is 27.5. The largest absolute Gasteiger partial charge is 0.494 e. The van der Waals surface area contributed by atoms with Crippen molar-refractivity contribution >= 4 is 27.5 Å². The predicted octanol–water partition coefficient (Wildman–Crippen LogP) is 1.97. The molecule has 8 heteroatoms. The lowest BCUT2D eigenvalue weighted by Gasteiger charge is -2.10. The predicted molar refractivity (Wildman–Crippen MR) is 91.9 cm³/mol. The highest BCUT2D eigenvalue weighted by molar-refractivity contribution is 7.89. The van der Waals surface area contributed by atoms with E-state index in [-0.39, 0.29) is 10.8 Å². The summed E-state index contributed by atoms with van der Waals surface area (Å²) in [5.74, 6) is 0.0321. The molecule has 6 nitrogen and oxygen atoms in total. The van der Waals surface area contributed by atoms with Crippen molar-refractivity contribution < 1.29 is 17.9 Å². The third-order valence-electron chi connectivity index (χ3n) is 3.37. The van der Waals surface area contributed by atoms with E-state index in [4.69, 9.17) is 21.5 Å². The number of halogens is 1. The number of rotatable bonds is 6. The molecule has 0 atom stereocenters. The molecule has 128 valence electrons. The lowest BCUT2D eigenvalue weighted by atomic mass is 10.1. The molecule has 0 radical (unpaired) electrons. The van der Waals surface area contributed by atoms with Crippen LogP contribution in [0.15, 0.2) is 47.4 Å². The number of benzene rings is 2. The molecular weight excluding hydrogens is 352 g/mol. The van der Waals surface area contributed by atoms with E-state index in [2.05, 4.69) is 5.32 Å². The number of sulfonamides is 1. The average Bonchev–Trinajstić information content (AvgIpc) is 2.54. The number of amides is 1. The van der Waals surface area contributed by atoms with Crippen LogP contribution in [0.25, 0.3) is 0 Å². The van der Waals surface area contributed by atoms with Gasteiger partial charge < -0.3 is 10.1 Å². The minimum absolute atomic E-state index is 0.0546. The molecule has 2 aromatic carbocycles. The molecule has 0 saturated carbocycles. The van der Waals surface area contributed by atoms with Gasteiger partial charge in [-0.2, -0.15) is 0 Å². The summed E-state index contributed by atoms with van der Waals surface area (Å²) in [6.07, 6.45) is 0.541. The van der Waals surface area contributed by atoms with E-state index in [0.29, 0.717) is 29.3 Å². The number of ether oxygens (including phenoxy) is 1. The van der Waals surface area contributed by atoms with Crippen LogP contribution in [-0.2, 0) is 16.4 Å². The van der Waals surface area contributed by atoms with Crippen LogP contribution >= 0.6 is 11.6 Å². The van der Waals surface area contributed by atoms with Gasteiger partial charge in [0.2, 0.25) is 10.0 Å². The Morgan fingerprint density at radius 2 is 1.88 bits per heavy atom. The van der Waals surface area contributed by atoms with Crippen molar-refractivity contribution in [1.29, 1.82) is 0 Å². The maximum absolute atomic E-state index is 12.2. The molecule has 0 aromatic heterocycles. The number of hydrogen-bond acceptors (Lipinski definition) is 4. The van der Waals surface area contributed by atoms with Crippen LogP contribution in [-0.4, -0.2) is 28.0 Å². The molecule has 1 amide bonds. The molecule has 0 heterocycles. The lowest BCUT2D eigenvalue weighted by molar-refractivity contribution is 0.0951. The molecule has 0 spiro atoms. The van der Waals surface area contributed by atoms with Crippen LogP contribution in [0, 0.1) is 0 Å². The van der Waals surface area contributed by atoms with E-state index in [9.17, 15) is 13.2 Å². The van der Waals surface area contributed by atoms with Crippen molar-refractivity contribution in [3.8, 4) is 5.75 Å². The molecule has 0 aliphatic heterocycles. The Morgan fingerprint density at radius 3 is 2.46 bits per heavy atom. The van der Waals surface area contributed by atoms with Crippen LogP contribution in [0.5, 0.6) is 5.75 Å². The first-order chi connectivity index (χ1) is 11.3. The lowest BCUT2D eigenvalue weighted by Crippen LogP contribution is -2.26. The van der Waals surface area contributed by atoms with Crippen molar-refractivity contribution in [3.63, 3.8) is 0 Å². The zero-order valence-corrected chi connectivity index (χ0v) is 14.5. The van der Waals surface area contributed by atoms with Gasteiger partial charge in [0.1, 0.15) is 5.75 Å². The van der Waals surface area contributed by atoms with Crippen molar-refractivity contribution in [2.75, 3.05) is 13.7 Å². The fourth-order valence-corrected chi connectivity index (χ4v) is 2.92. The number of carbonyl (C=O) groups is 1. The maximum Gasteiger partial charge on any atom is 0.255 e. The molecule has 3 N–H and O–H groups in total. The first kappa shape index (κ1) is 18.3. The highest BCUT2D eigenvalue weighted by atomic mass is 35.5. The van der Waals surface area contributed by atoms with Gasteiger partial charge in [-0.25, -0.2) is 13.6 Å². The molecule has 0 unspecified atom stereocenters. The molecule has 0 bridgehead atoms. The van der Waals surface area contributed by atoms with E-state index in [1.54, 1.807) is 30.3 Å². The fourth-order valence-electron chi connectivity index (χ4n) is 2.16. The molecule has 2 aromatic rings. The molecule has 0 saturated heterocycles.